The van der Waals surface area contributed by atoms with Gasteiger partial charge >= 0.3 is 11.9 Å². The Morgan fingerprint density at radius 1 is 0.557 bits per heavy atom. The van der Waals surface area contributed by atoms with Crippen molar-refractivity contribution in [1.82, 2.24) is 0 Å². The first-order valence-electron chi connectivity index (χ1n) is 28.0. The first-order chi connectivity index (χ1) is 37.0. The van der Waals surface area contributed by atoms with Crippen LogP contribution in [-0.2, 0) is 47.5 Å². The summed E-state index contributed by atoms with van der Waals surface area (Å²) < 4.78 is 47.2. The molecule has 5 aliphatic carbocycles. The van der Waals surface area contributed by atoms with Gasteiger partial charge in [0.05, 0.1) is 43.4 Å². The Morgan fingerprint density at radius 3 is 1.66 bits per heavy atom. The van der Waals surface area contributed by atoms with Crippen molar-refractivity contribution in [3.63, 3.8) is 0 Å². The van der Waals surface area contributed by atoms with Gasteiger partial charge in [-0.3, -0.25) is 9.59 Å². The maximum absolute atomic E-state index is 15.5. The molecule has 0 aromatic heterocycles. The van der Waals surface area contributed by atoms with Crippen LogP contribution in [0.5, 0.6) is 0 Å². The Balaban J connectivity index is 1.01. The molecule has 0 aromatic carbocycles. The molecule has 15 N–H and O–H groups in total. The van der Waals surface area contributed by atoms with Gasteiger partial charge in [-0.25, -0.2) is 0 Å². The molecule has 0 aromatic rings. The minimum atomic E-state index is -2.08. The number of carboxylic acids is 1. The van der Waals surface area contributed by atoms with E-state index < -0.39 is 189 Å². The molecule has 0 radical (unpaired) electrons. The van der Waals surface area contributed by atoms with E-state index in [1.165, 1.54) is 0 Å². The number of carbonyl (C=O) groups excluding carboxylic acids is 1. The smallest absolute Gasteiger partial charge is 0.315 e. The summed E-state index contributed by atoms with van der Waals surface area (Å²) >= 11 is 0. The fourth-order valence-corrected chi connectivity index (χ4v) is 16.3. The third kappa shape index (κ3) is 9.95. The highest BCUT2D eigenvalue weighted by Crippen LogP contribution is 2.76. The summed E-state index contributed by atoms with van der Waals surface area (Å²) in [7, 11) is 0. The average Bonchev–Trinajstić information content (AvgIpc) is 3.28. The van der Waals surface area contributed by atoms with Crippen molar-refractivity contribution < 1.29 is 124 Å². The molecule has 452 valence electrons. The number of ether oxygens (including phenoxy) is 8. The van der Waals surface area contributed by atoms with Crippen LogP contribution in [0, 0.1) is 50.2 Å². The number of allylic oxidation sites excluding steroid dienone is 2. The van der Waals surface area contributed by atoms with Gasteiger partial charge in [-0.1, -0.05) is 46.3 Å². The second-order valence-corrected chi connectivity index (χ2v) is 26.1. The molecule has 9 rings (SSSR count). The summed E-state index contributed by atoms with van der Waals surface area (Å²) in [4.78, 5) is 28.5. The third-order valence-electron chi connectivity index (χ3n) is 21.5. The topological polar surface area (TPSA) is 411 Å². The van der Waals surface area contributed by atoms with Crippen LogP contribution in [0.2, 0.25) is 0 Å². The van der Waals surface area contributed by atoms with Crippen molar-refractivity contribution in [3.05, 3.63) is 11.6 Å². The van der Waals surface area contributed by atoms with E-state index >= 15 is 4.79 Å². The van der Waals surface area contributed by atoms with Crippen molar-refractivity contribution in [2.24, 2.45) is 50.2 Å². The van der Waals surface area contributed by atoms with Gasteiger partial charge in [0.15, 0.2) is 18.9 Å². The zero-order valence-electron chi connectivity index (χ0n) is 45.6. The summed E-state index contributed by atoms with van der Waals surface area (Å²) in [5.74, 6) is -2.32. The Hall–Kier alpha value is -2.16. The van der Waals surface area contributed by atoms with Crippen LogP contribution in [0.3, 0.4) is 0 Å². The molecule has 4 saturated heterocycles. The summed E-state index contributed by atoms with van der Waals surface area (Å²) in [5, 5.41) is 162. The third-order valence-corrected chi connectivity index (χ3v) is 21.5. The van der Waals surface area contributed by atoms with Crippen molar-refractivity contribution >= 4 is 11.9 Å². The number of carboxylic acid groups (broad SMARTS) is 1. The predicted molar refractivity (Wildman–Crippen MR) is 265 cm³/mol. The number of carbonyl (C=O) groups is 2. The fourth-order valence-electron chi connectivity index (χ4n) is 16.3. The maximum Gasteiger partial charge on any atom is 0.315 e. The second kappa shape index (κ2) is 22.4. The standard InChI is InChI=1S/C54H86O25/c1-49(2)13-15-54(16-14-51(4)22(23(54)17-49)7-8-28-50(3)11-10-30(58)53(6,47(69)70)29(50)9-12-52(28,51)5)48(71)79-45-40(68)41(77-43-38(66)35(63)31(59)24(18-55)73-43)34(62)27(76-45)21-72-46-42(37(65)33(61)26(20-57)75-46)78-44-39(67)36(64)32(60)25(19-56)74-44/h7,23-46,55-68H,8-21H2,1-6H3,(H,69,70)/t23-,24+,25+,26+,27+,28?,29?,30-,31+,32+,33+,34+,35-,36-,37-,38+,39+,40+,41-,42+,43-,44-,45-,46+,50+,51+,52+,53-,54-/m0/s1. The number of esters is 1. The van der Waals surface area contributed by atoms with Gasteiger partial charge in [-0.2, -0.15) is 0 Å². The number of aliphatic hydroxyl groups excluding tert-OH is 14. The summed E-state index contributed by atoms with van der Waals surface area (Å²) in [6, 6.07) is 0. The molecular weight excluding hydrogens is 1050 g/mol. The first kappa shape index (κ1) is 61.4. The largest absolute Gasteiger partial charge is 0.481 e. The van der Waals surface area contributed by atoms with Crippen LogP contribution in [0.1, 0.15) is 106 Å². The van der Waals surface area contributed by atoms with Gasteiger partial charge in [0.1, 0.15) is 97.7 Å². The number of hydrogen-bond acceptors (Lipinski definition) is 24. The molecule has 29 atom stereocenters. The minimum absolute atomic E-state index is 0.0585. The van der Waals surface area contributed by atoms with Crippen LogP contribution in [0.15, 0.2) is 11.6 Å². The highest BCUT2D eigenvalue weighted by Gasteiger charge is 2.71. The highest BCUT2D eigenvalue weighted by molar-refractivity contribution is 5.79. The van der Waals surface area contributed by atoms with Crippen LogP contribution in [0.25, 0.3) is 0 Å². The monoisotopic (exact) mass is 1130 g/mol. The molecule has 25 nitrogen and oxygen atoms in total. The van der Waals surface area contributed by atoms with Crippen LogP contribution >= 0.6 is 0 Å². The van der Waals surface area contributed by atoms with E-state index in [0.29, 0.717) is 64.2 Å². The Labute approximate surface area is 457 Å². The highest BCUT2D eigenvalue weighted by atomic mass is 16.8. The van der Waals surface area contributed by atoms with Crippen molar-refractivity contribution in [1.29, 1.82) is 0 Å². The first-order valence-corrected chi connectivity index (χ1v) is 28.0. The SMILES string of the molecule is CC1(C)CC[C@]2(C(=O)O[C@@H]3O[C@H](CO[C@@H]4O[C@H](CO)[C@@H](O)[C@H](O)[C@H]4O[C@@H]4O[C@H](CO)[C@@H](O)[C@H](O)[C@H]4O)[C@@H](O)[C@H](O[C@@H]4O[C@H](CO)[C@@H](O)[C@H](O)[C@H]4O)[C@H]3O)CC[C@]3(C)C(=CCC4[C@@]5(C)CC[C@H](O)[C@@](C)(C(=O)O)C5CC[C@]43C)[C@@H]2C1. The van der Waals surface area contributed by atoms with E-state index in [1.54, 1.807) is 6.92 Å². The molecule has 0 spiro atoms. The van der Waals surface area contributed by atoms with Gasteiger partial charge in [0.2, 0.25) is 6.29 Å². The summed E-state index contributed by atoms with van der Waals surface area (Å²) in [6.45, 7) is 9.34. The van der Waals surface area contributed by atoms with Gasteiger partial charge in [0, 0.05) is 0 Å². The number of aliphatic hydroxyl groups is 14. The lowest BCUT2D eigenvalue weighted by Gasteiger charge is -2.71. The molecular formula is C54H86O25. The normalized spacial score (nSPS) is 53.5. The van der Waals surface area contributed by atoms with E-state index in [-0.39, 0.29) is 28.6 Å². The quantitative estimate of drug-likeness (QED) is 0.0647. The zero-order valence-corrected chi connectivity index (χ0v) is 45.6. The molecule has 25 heteroatoms. The van der Waals surface area contributed by atoms with E-state index in [2.05, 4.69) is 40.7 Å². The van der Waals surface area contributed by atoms with Crippen molar-refractivity contribution in [2.75, 3.05) is 26.4 Å². The van der Waals surface area contributed by atoms with Gasteiger partial charge in [-0.15, -0.1) is 0 Å². The van der Waals surface area contributed by atoms with Crippen LogP contribution in [-0.4, -0.2) is 244 Å². The lowest BCUT2D eigenvalue weighted by Crippen LogP contribution is -2.67. The van der Waals surface area contributed by atoms with Crippen LogP contribution in [0.4, 0.5) is 0 Å². The van der Waals surface area contributed by atoms with Gasteiger partial charge < -0.3 is 114 Å². The zero-order chi connectivity index (χ0) is 57.9. The molecule has 4 heterocycles. The second-order valence-electron chi connectivity index (χ2n) is 26.1. The Morgan fingerprint density at radius 2 is 1.09 bits per heavy atom. The van der Waals surface area contributed by atoms with Gasteiger partial charge in [-0.05, 0) is 111 Å². The molecule has 2 unspecified atom stereocenters. The lowest BCUT2D eigenvalue weighted by atomic mass is 9.33. The number of rotatable bonds is 13. The van der Waals surface area contributed by atoms with Crippen molar-refractivity contribution in [3.8, 4) is 0 Å². The number of hydrogen-bond donors (Lipinski definition) is 15. The minimum Gasteiger partial charge on any atom is -0.481 e. The molecule has 0 amide bonds. The lowest BCUT2D eigenvalue weighted by molar-refractivity contribution is -0.377. The predicted octanol–water partition coefficient (Wildman–Crippen LogP) is -2.97. The number of aliphatic carboxylic acids is 1. The van der Waals surface area contributed by atoms with Crippen molar-refractivity contribution in [2.45, 2.75) is 235 Å². The number of fused-ring (bicyclic) bond motifs is 7. The molecule has 8 fully saturated rings. The maximum atomic E-state index is 15.5. The van der Waals surface area contributed by atoms with E-state index in [4.69, 9.17) is 37.9 Å². The summed E-state index contributed by atoms with van der Waals surface area (Å²) in [5.41, 5.74) is -2.84. The Kier molecular flexibility index (Phi) is 17.4. The van der Waals surface area contributed by atoms with Crippen LogP contribution < -0.4 is 0 Å². The van der Waals surface area contributed by atoms with Gasteiger partial charge in [0.25, 0.3) is 0 Å². The van der Waals surface area contributed by atoms with E-state index in [1.807, 2.05) is 0 Å². The molecule has 4 saturated carbocycles. The molecule has 0 bridgehead atoms. The average molecular weight is 1140 g/mol. The summed E-state index contributed by atoms with van der Waals surface area (Å²) in [6.07, 6.45) is -30.3. The Bertz CT molecular complexity index is 2220. The fraction of sp³-hybridized carbons (Fsp3) is 0.926. The molecule has 79 heavy (non-hydrogen) atoms. The molecule has 4 aliphatic heterocycles. The van der Waals surface area contributed by atoms with E-state index in [0.717, 1.165) is 5.57 Å². The van der Waals surface area contributed by atoms with E-state index in [9.17, 15) is 81.4 Å². The molecule has 9 aliphatic rings.